The minimum Gasteiger partial charge on any atom is -0.316 e. The van der Waals surface area contributed by atoms with Crippen molar-refractivity contribution in [3.8, 4) is 0 Å². The molecule has 1 aliphatic carbocycles. The number of nitrogens with zero attached hydrogens (tertiary/aromatic N) is 1. The van der Waals surface area contributed by atoms with Crippen LogP contribution in [0, 0.1) is 5.92 Å². The lowest BCUT2D eigenvalue weighted by molar-refractivity contribution is 0.216. The fourth-order valence-electron chi connectivity index (χ4n) is 2.18. The second-order valence-electron chi connectivity index (χ2n) is 4.93. The Morgan fingerprint density at radius 2 is 2.00 bits per heavy atom. The molecule has 2 fully saturated rings. The van der Waals surface area contributed by atoms with Gasteiger partial charge in [-0.1, -0.05) is 13.3 Å². The molecule has 1 saturated heterocycles. The highest BCUT2D eigenvalue weighted by Gasteiger charge is 2.29. The molecular weight excluding hydrogens is 172 g/mol. The maximum Gasteiger partial charge on any atom is 0.00964 e. The molecule has 0 unspecified atom stereocenters. The van der Waals surface area contributed by atoms with Gasteiger partial charge in [0.2, 0.25) is 0 Å². The molecule has 0 aromatic carbocycles. The van der Waals surface area contributed by atoms with Crippen molar-refractivity contribution in [1.29, 1.82) is 0 Å². The second kappa shape index (κ2) is 5.13. The molecule has 1 saturated carbocycles. The van der Waals surface area contributed by atoms with E-state index in [9.17, 15) is 0 Å². The molecule has 1 aliphatic heterocycles. The molecule has 0 amide bonds. The molecule has 0 atom stereocenters. The van der Waals surface area contributed by atoms with Gasteiger partial charge in [0.05, 0.1) is 0 Å². The van der Waals surface area contributed by atoms with Gasteiger partial charge < -0.3 is 10.2 Å². The Labute approximate surface area is 88.1 Å². The van der Waals surface area contributed by atoms with Crippen LogP contribution in [0.15, 0.2) is 0 Å². The Bertz CT molecular complexity index is 162. The van der Waals surface area contributed by atoms with Crippen LogP contribution in [0.25, 0.3) is 0 Å². The molecule has 2 rings (SSSR count). The van der Waals surface area contributed by atoms with Crippen LogP contribution in [0.5, 0.6) is 0 Å². The molecule has 0 aromatic rings. The molecular formula is C12H24N2. The van der Waals surface area contributed by atoms with Gasteiger partial charge in [-0.3, -0.25) is 0 Å². The van der Waals surface area contributed by atoms with Gasteiger partial charge >= 0.3 is 0 Å². The standard InChI is InChI=1S/C12H24N2/c1-2-3-7-14(12-4-5-12)8-6-11-9-13-10-11/h11-13H,2-10H2,1H3. The topological polar surface area (TPSA) is 15.3 Å². The number of hydrogen-bond acceptors (Lipinski definition) is 2. The first kappa shape index (κ1) is 10.4. The van der Waals surface area contributed by atoms with E-state index in [1.165, 1.54) is 58.3 Å². The van der Waals surface area contributed by atoms with Gasteiger partial charge in [0, 0.05) is 6.04 Å². The van der Waals surface area contributed by atoms with Crippen molar-refractivity contribution in [2.45, 2.75) is 45.1 Å². The van der Waals surface area contributed by atoms with Crippen LogP contribution in [-0.4, -0.2) is 37.1 Å². The molecule has 2 heteroatoms. The van der Waals surface area contributed by atoms with Gasteiger partial charge in [0.1, 0.15) is 0 Å². The van der Waals surface area contributed by atoms with E-state index in [0.29, 0.717) is 0 Å². The highest BCUT2D eigenvalue weighted by atomic mass is 15.2. The monoisotopic (exact) mass is 196 g/mol. The second-order valence-corrected chi connectivity index (χ2v) is 4.93. The van der Waals surface area contributed by atoms with Gasteiger partial charge in [-0.25, -0.2) is 0 Å². The molecule has 2 aliphatic rings. The van der Waals surface area contributed by atoms with Gasteiger partial charge in [0.15, 0.2) is 0 Å². The van der Waals surface area contributed by atoms with Crippen molar-refractivity contribution >= 4 is 0 Å². The maximum absolute atomic E-state index is 3.35. The summed E-state index contributed by atoms with van der Waals surface area (Å²) in [4.78, 5) is 2.74. The lowest BCUT2D eigenvalue weighted by atomic mass is 9.99. The van der Waals surface area contributed by atoms with E-state index in [1.54, 1.807) is 0 Å². The molecule has 82 valence electrons. The molecule has 0 bridgehead atoms. The summed E-state index contributed by atoms with van der Waals surface area (Å²) in [6, 6.07) is 0.967. The van der Waals surface area contributed by atoms with Crippen LogP contribution < -0.4 is 5.32 Å². The van der Waals surface area contributed by atoms with Crippen LogP contribution in [-0.2, 0) is 0 Å². The van der Waals surface area contributed by atoms with Crippen molar-refractivity contribution in [1.82, 2.24) is 10.2 Å². The molecule has 1 heterocycles. The van der Waals surface area contributed by atoms with Crippen LogP contribution in [0.3, 0.4) is 0 Å². The molecule has 14 heavy (non-hydrogen) atoms. The summed E-state index contributed by atoms with van der Waals surface area (Å²) in [5.41, 5.74) is 0. The molecule has 0 radical (unpaired) electrons. The van der Waals surface area contributed by atoms with Crippen LogP contribution in [0.4, 0.5) is 0 Å². The first-order valence-corrected chi connectivity index (χ1v) is 6.35. The summed E-state index contributed by atoms with van der Waals surface area (Å²) < 4.78 is 0. The molecule has 0 aromatic heterocycles. The lowest BCUT2D eigenvalue weighted by Gasteiger charge is -2.30. The van der Waals surface area contributed by atoms with E-state index < -0.39 is 0 Å². The minimum absolute atomic E-state index is 0.967. The Morgan fingerprint density at radius 1 is 1.21 bits per heavy atom. The number of unbranched alkanes of at least 4 members (excludes halogenated alkanes) is 1. The summed E-state index contributed by atoms with van der Waals surface area (Å²) >= 11 is 0. The summed E-state index contributed by atoms with van der Waals surface area (Å²) in [6.45, 7) is 7.54. The van der Waals surface area contributed by atoms with Crippen molar-refractivity contribution in [2.24, 2.45) is 5.92 Å². The van der Waals surface area contributed by atoms with E-state index in [1.807, 2.05) is 0 Å². The van der Waals surface area contributed by atoms with Crippen molar-refractivity contribution < 1.29 is 0 Å². The highest BCUT2D eigenvalue weighted by Crippen LogP contribution is 2.27. The summed E-state index contributed by atoms with van der Waals surface area (Å²) in [7, 11) is 0. The normalized spacial score (nSPS) is 22.7. The van der Waals surface area contributed by atoms with Gasteiger partial charge in [-0.05, 0) is 57.8 Å². The third-order valence-electron chi connectivity index (χ3n) is 3.55. The number of hydrogen-bond donors (Lipinski definition) is 1. The van der Waals surface area contributed by atoms with Crippen LogP contribution in [0.1, 0.15) is 39.0 Å². The van der Waals surface area contributed by atoms with Crippen molar-refractivity contribution in [3.05, 3.63) is 0 Å². The molecule has 2 nitrogen and oxygen atoms in total. The Morgan fingerprint density at radius 3 is 2.50 bits per heavy atom. The average Bonchev–Trinajstić information content (AvgIpc) is 2.91. The first-order chi connectivity index (χ1) is 6.90. The minimum atomic E-state index is 0.967. The van der Waals surface area contributed by atoms with E-state index in [2.05, 4.69) is 17.1 Å². The predicted molar refractivity (Wildman–Crippen MR) is 60.5 cm³/mol. The van der Waals surface area contributed by atoms with Gasteiger partial charge in [0.25, 0.3) is 0 Å². The SMILES string of the molecule is CCCCN(CCC1CNC1)C1CC1. The lowest BCUT2D eigenvalue weighted by Crippen LogP contribution is -2.44. The highest BCUT2D eigenvalue weighted by molar-refractivity contribution is 4.85. The zero-order chi connectivity index (χ0) is 9.80. The fourth-order valence-corrected chi connectivity index (χ4v) is 2.18. The van der Waals surface area contributed by atoms with Crippen molar-refractivity contribution in [2.75, 3.05) is 26.2 Å². The third kappa shape index (κ3) is 2.96. The predicted octanol–water partition coefficient (Wildman–Crippen LogP) is 1.86. The van der Waals surface area contributed by atoms with Crippen LogP contribution in [0.2, 0.25) is 0 Å². The molecule has 1 N–H and O–H groups in total. The zero-order valence-electron chi connectivity index (χ0n) is 9.47. The summed E-state index contributed by atoms with van der Waals surface area (Å²) in [5, 5.41) is 3.35. The third-order valence-corrected chi connectivity index (χ3v) is 3.55. The smallest absolute Gasteiger partial charge is 0.00964 e. The van der Waals surface area contributed by atoms with Crippen LogP contribution >= 0.6 is 0 Å². The van der Waals surface area contributed by atoms with E-state index in [4.69, 9.17) is 0 Å². The fraction of sp³-hybridized carbons (Fsp3) is 1.00. The van der Waals surface area contributed by atoms with E-state index >= 15 is 0 Å². The Kier molecular flexibility index (Phi) is 3.82. The van der Waals surface area contributed by atoms with E-state index in [-0.39, 0.29) is 0 Å². The average molecular weight is 196 g/mol. The largest absolute Gasteiger partial charge is 0.316 e. The number of rotatable bonds is 7. The van der Waals surface area contributed by atoms with Gasteiger partial charge in [-0.15, -0.1) is 0 Å². The Hall–Kier alpha value is -0.0800. The molecule has 0 spiro atoms. The summed E-state index contributed by atoms with van der Waals surface area (Å²) in [5.74, 6) is 0.984. The maximum atomic E-state index is 3.35. The quantitative estimate of drug-likeness (QED) is 0.668. The number of nitrogens with one attached hydrogen (secondary N) is 1. The Balaban J connectivity index is 1.61. The van der Waals surface area contributed by atoms with E-state index in [0.717, 1.165) is 12.0 Å². The van der Waals surface area contributed by atoms with Gasteiger partial charge in [-0.2, -0.15) is 0 Å². The zero-order valence-corrected chi connectivity index (χ0v) is 9.47. The summed E-state index contributed by atoms with van der Waals surface area (Å²) in [6.07, 6.45) is 7.08. The van der Waals surface area contributed by atoms with Crippen molar-refractivity contribution in [3.63, 3.8) is 0 Å². The first-order valence-electron chi connectivity index (χ1n) is 6.35.